The maximum Gasteiger partial charge on any atom is 0.304 e. The molecule has 0 atom stereocenters. The van der Waals surface area contributed by atoms with Gasteiger partial charge in [0.05, 0.1) is 6.54 Å². The molecule has 2 aromatic heterocycles. The van der Waals surface area contributed by atoms with E-state index < -0.39 is 0 Å². The van der Waals surface area contributed by atoms with E-state index in [9.17, 15) is 4.79 Å². The third-order valence-electron chi connectivity index (χ3n) is 1.40. The number of nitrogens with zero attached hydrogens (tertiary/aromatic N) is 2. The fourth-order valence-electron chi connectivity index (χ4n) is 0.848. The van der Waals surface area contributed by atoms with Crippen molar-refractivity contribution in [3.05, 3.63) is 24.7 Å². The summed E-state index contributed by atoms with van der Waals surface area (Å²) in [5.41, 5.74) is 0.853. The van der Waals surface area contributed by atoms with Gasteiger partial charge < -0.3 is 10.3 Å². The van der Waals surface area contributed by atoms with Gasteiger partial charge in [0.25, 0.3) is 0 Å². The molecule has 14 heavy (non-hydrogen) atoms. The van der Waals surface area contributed by atoms with Crippen molar-refractivity contribution < 1.29 is 0 Å². The molecule has 0 aromatic carbocycles. The number of rotatable bonds is 3. The molecule has 2 rings (SSSR count). The molecule has 0 aliphatic heterocycles. The number of nitrogens with one attached hydrogen (secondary N) is 2. The van der Waals surface area contributed by atoms with Gasteiger partial charge in [-0.1, -0.05) is 22.7 Å². The lowest BCUT2D eigenvalue weighted by Crippen LogP contribution is -2.02. The van der Waals surface area contributed by atoms with Crippen molar-refractivity contribution in [3.63, 3.8) is 0 Å². The molecule has 0 aliphatic rings. The maximum absolute atomic E-state index is 10.8. The van der Waals surface area contributed by atoms with Crippen LogP contribution in [0.3, 0.4) is 0 Å². The normalized spacial score (nSPS) is 10.4. The van der Waals surface area contributed by atoms with Crippen LogP contribution in [0.1, 0.15) is 5.69 Å². The Hall–Kier alpha value is -0.730. The van der Waals surface area contributed by atoms with Gasteiger partial charge in [0, 0.05) is 11.1 Å². The van der Waals surface area contributed by atoms with E-state index in [0.717, 1.165) is 26.1 Å². The number of halogens is 1. The zero-order valence-electron chi connectivity index (χ0n) is 6.78. The summed E-state index contributed by atoms with van der Waals surface area (Å²) < 4.78 is 0.735. The summed E-state index contributed by atoms with van der Waals surface area (Å²) in [6.45, 7) is 0.556. The summed E-state index contributed by atoms with van der Waals surface area (Å²) in [7, 11) is 0. The van der Waals surface area contributed by atoms with Crippen LogP contribution < -0.4 is 10.2 Å². The summed E-state index contributed by atoms with van der Waals surface area (Å²) in [6.07, 6.45) is 0. The minimum absolute atomic E-state index is 0.0414. The molecule has 0 unspecified atom stereocenters. The largest absolute Gasteiger partial charge is 0.354 e. The quantitative estimate of drug-likeness (QED) is 0.903. The molecule has 0 amide bonds. The highest BCUT2D eigenvalue weighted by atomic mass is 79.9. The summed E-state index contributed by atoms with van der Waals surface area (Å²) in [6, 6.07) is 0. The van der Waals surface area contributed by atoms with Gasteiger partial charge in [-0.3, -0.25) is 4.79 Å². The molecule has 0 radical (unpaired) electrons. The van der Waals surface area contributed by atoms with Crippen molar-refractivity contribution in [2.24, 2.45) is 0 Å². The van der Waals surface area contributed by atoms with Crippen molar-refractivity contribution in [2.45, 2.75) is 6.54 Å². The van der Waals surface area contributed by atoms with Crippen molar-refractivity contribution >= 4 is 43.7 Å². The monoisotopic (exact) mass is 292 g/mol. The Morgan fingerprint density at radius 3 is 3.00 bits per heavy atom. The molecule has 2 heterocycles. The molecule has 8 heteroatoms. The van der Waals surface area contributed by atoms with Crippen molar-refractivity contribution in [2.75, 3.05) is 5.32 Å². The molecule has 5 nitrogen and oxygen atoms in total. The van der Waals surface area contributed by atoms with Gasteiger partial charge >= 0.3 is 4.87 Å². The number of anilines is 1. The number of aromatic amines is 1. The lowest BCUT2D eigenvalue weighted by atomic mass is 10.5. The van der Waals surface area contributed by atoms with Gasteiger partial charge in [-0.15, -0.1) is 10.2 Å². The minimum atomic E-state index is -0.0414. The first kappa shape index (κ1) is 9.81. The highest BCUT2D eigenvalue weighted by Gasteiger charge is 2.01. The van der Waals surface area contributed by atoms with Crippen LogP contribution in [0, 0.1) is 0 Å². The van der Waals surface area contributed by atoms with Crippen LogP contribution >= 0.6 is 38.6 Å². The van der Waals surface area contributed by atoms with E-state index in [4.69, 9.17) is 0 Å². The molecule has 0 saturated heterocycles. The summed E-state index contributed by atoms with van der Waals surface area (Å²) >= 11 is 5.77. The Kier molecular flexibility index (Phi) is 2.94. The van der Waals surface area contributed by atoms with Crippen LogP contribution in [-0.2, 0) is 6.54 Å². The summed E-state index contributed by atoms with van der Waals surface area (Å²) in [5.74, 6) is 0. The Bertz CT molecular complexity index is 476. The second kappa shape index (κ2) is 4.20. The summed E-state index contributed by atoms with van der Waals surface area (Å²) in [5, 5.41) is 13.2. The van der Waals surface area contributed by atoms with Gasteiger partial charge in [-0.25, -0.2) is 0 Å². The Morgan fingerprint density at radius 2 is 2.43 bits per heavy atom. The Morgan fingerprint density at radius 1 is 1.57 bits per heavy atom. The molecule has 0 spiro atoms. The summed E-state index contributed by atoms with van der Waals surface area (Å²) in [4.78, 5) is 13.5. The Balaban J connectivity index is 1.98. The zero-order chi connectivity index (χ0) is 9.97. The van der Waals surface area contributed by atoms with Crippen LogP contribution in [-0.4, -0.2) is 15.2 Å². The number of aromatic nitrogens is 3. The molecule has 0 bridgehead atoms. The molecule has 0 fully saturated rings. The molecule has 0 saturated carbocycles. The fraction of sp³-hybridized carbons (Fsp3) is 0.167. The predicted octanol–water partition coefficient (Wildman–Crippen LogP) is 1.66. The first-order chi connectivity index (χ1) is 6.74. The molecular weight excluding hydrogens is 288 g/mol. The van der Waals surface area contributed by atoms with E-state index in [2.05, 4.69) is 36.4 Å². The lowest BCUT2D eigenvalue weighted by Gasteiger charge is -1.96. The van der Waals surface area contributed by atoms with Crippen LogP contribution in [0.5, 0.6) is 0 Å². The van der Waals surface area contributed by atoms with E-state index in [1.807, 2.05) is 0 Å². The number of thiazole rings is 1. The predicted molar refractivity (Wildman–Crippen MR) is 59.9 cm³/mol. The van der Waals surface area contributed by atoms with Crippen LogP contribution in [0.4, 0.5) is 5.13 Å². The van der Waals surface area contributed by atoms with Crippen molar-refractivity contribution in [3.8, 4) is 0 Å². The van der Waals surface area contributed by atoms with E-state index in [-0.39, 0.29) is 4.87 Å². The lowest BCUT2D eigenvalue weighted by molar-refractivity contribution is 1.01. The highest BCUT2D eigenvalue weighted by molar-refractivity contribution is 9.11. The second-order valence-corrected chi connectivity index (χ2v) is 5.48. The minimum Gasteiger partial charge on any atom is -0.354 e. The zero-order valence-corrected chi connectivity index (χ0v) is 10.0. The van der Waals surface area contributed by atoms with Gasteiger partial charge in [0.15, 0.2) is 3.92 Å². The molecule has 2 aromatic rings. The molecule has 74 valence electrons. The topological polar surface area (TPSA) is 70.7 Å². The number of hydrogen-bond donors (Lipinski definition) is 2. The average molecular weight is 293 g/mol. The van der Waals surface area contributed by atoms with Gasteiger partial charge in [-0.2, -0.15) is 0 Å². The maximum atomic E-state index is 10.8. The Labute approximate surface area is 95.3 Å². The van der Waals surface area contributed by atoms with E-state index >= 15 is 0 Å². The van der Waals surface area contributed by atoms with Gasteiger partial charge in [-0.05, 0) is 15.9 Å². The SMILES string of the molecule is O=c1[nH]c(CNc2nnc(Br)s2)cs1. The molecule has 2 N–H and O–H groups in total. The molecule has 0 aliphatic carbocycles. The number of hydrogen-bond acceptors (Lipinski definition) is 6. The first-order valence-corrected chi connectivity index (χ1v) is 6.12. The van der Waals surface area contributed by atoms with E-state index in [1.165, 1.54) is 11.3 Å². The van der Waals surface area contributed by atoms with E-state index in [0.29, 0.717) is 6.54 Å². The standard InChI is InChI=1S/C6H5BrN4OS2/c7-4-10-11-5(14-4)8-1-3-2-13-6(12)9-3/h2H,1H2,(H,8,11)(H,9,12). The van der Waals surface area contributed by atoms with Crippen LogP contribution in [0.2, 0.25) is 0 Å². The first-order valence-electron chi connectivity index (χ1n) is 3.63. The van der Waals surface area contributed by atoms with Gasteiger partial charge in [0.2, 0.25) is 5.13 Å². The number of H-pyrrole nitrogens is 1. The second-order valence-electron chi connectivity index (χ2n) is 2.39. The average Bonchev–Trinajstić information content (AvgIpc) is 2.72. The smallest absolute Gasteiger partial charge is 0.304 e. The van der Waals surface area contributed by atoms with Crippen molar-refractivity contribution in [1.82, 2.24) is 15.2 Å². The van der Waals surface area contributed by atoms with Crippen LogP contribution in [0.15, 0.2) is 14.1 Å². The third-order valence-corrected chi connectivity index (χ3v) is 3.43. The molecular formula is C6H5BrN4OS2. The highest BCUT2D eigenvalue weighted by Crippen LogP contribution is 2.20. The van der Waals surface area contributed by atoms with Crippen LogP contribution in [0.25, 0.3) is 0 Å². The third kappa shape index (κ3) is 2.40. The van der Waals surface area contributed by atoms with Crippen molar-refractivity contribution in [1.29, 1.82) is 0 Å². The fourth-order valence-corrected chi connectivity index (χ4v) is 2.44. The van der Waals surface area contributed by atoms with E-state index in [1.54, 1.807) is 5.38 Å². The van der Waals surface area contributed by atoms with Gasteiger partial charge in [0.1, 0.15) is 0 Å².